The molecule has 1 saturated heterocycles. The van der Waals surface area contributed by atoms with Gasteiger partial charge in [-0.1, -0.05) is 17.8 Å². The molecule has 3 heterocycles. The topological polar surface area (TPSA) is 77.7 Å². The first-order valence-corrected chi connectivity index (χ1v) is 11.6. The van der Waals surface area contributed by atoms with Crippen LogP contribution < -0.4 is 9.47 Å². The lowest BCUT2D eigenvalue weighted by molar-refractivity contribution is -0.129. The molecule has 3 aromatic rings. The van der Waals surface area contributed by atoms with Crippen LogP contribution in [-0.2, 0) is 4.79 Å². The summed E-state index contributed by atoms with van der Waals surface area (Å²) in [5.74, 6) is 1.69. The normalized spacial score (nSPS) is 17.9. The minimum absolute atomic E-state index is 0.0118. The Morgan fingerprint density at radius 1 is 1.06 bits per heavy atom. The molecule has 0 spiro atoms. The van der Waals surface area contributed by atoms with Crippen LogP contribution in [0.5, 0.6) is 11.5 Å². The lowest BCUT2D eigenvalue weighted by Gasteiger charge is -2.25. The van der Waals surface area contributed by atoms with Gasteiger partial charge in [-0.25, -0.2) is 4.39 Å². The molecule has 0 aliphatic carbocycles. The van der Waals surface area contributed by atoms with Crippen LogP contribution in [0.2, 0.25) is 0 Å². The van der Waals surface area contributed by atoms with Gasteiger partial charge in [0, 0.05) is 18.5 Å². The van der Waals surface area contributed by atoms with E-state index in [0.717, 1.165) is 36.3 Å². The first-order valence-electron chi connectivity index (χ1n) is 10.6. The minimum Gasteiger partial charge on any atom is -0.490 e. The number of rotatable bonds is 5. The van der Waals surface area contributed by atoms with Gasteiger partial charge in [-0.15, -0.1) is 10.2 Å². The predicted molar refractivity (Wildman–Crippen MR) is 116 cm³/mol. The van der Waals surface area contributed by atoms with Crippen LogP contribution in [0.4, 0.5) is 4.39 Å². The zero-order valence-corrected chi connectivity index (χ0v) is 18.1. The highest BCUT2D eigenvalue weighted by molar-refractivity contribution is 7.99. The number of thioether (sulfide) groups is 1. The summed E-state index contributed by atoms with van der Waals surface area (Å²) in [5, 5.41) is 8.30. The number of nitrogens with zero attached hydrogens (tertiary/aromatic N) is 3. The van der Waals surface area contributed by atoms with Gasteiger partial charge in [0.2, 0.25) is 11.8 Å². The summed E-state index contributed by atoms with van der Waals surface area (Å²) in [4.78, 5) is 14.9. The van der Waals surface area contributed by atoms with Crippen LogP contribution in [0.25, 0.3) is 11.5 Å². The van der Waals surface area contributed by atoms with Crippen molar-refractivity contribution in [1.29, 1.82) is 0 Å². The fourth-order valence-electron chi connectivity index (χ4n) is 3.98. The Labute approximate surface area is 188 Å². The largest absolute Gasteiger partial charge is 0.490 e. The molecule has 0 saturated carbocycles. The maximum Gasteiger partial charge on any atom is 0.277 e. The van der Waals surface area contributed by atoms with Crippen molar-refractivity contribution < 1.29 is 23.1 Å². The lowest BCUT2D eigenvalue weighted by atomic mass is 10.0. The molecule has 1 atom stereocenters. The fourth-order valence-corrected chi connectivity index (χ4v) is 4.63. The standard InChI is InChI=1S/C23H22FN3O4S/c24-17-7-4-15(5-8-17)22-25-26-23(31-22)32-14-21(28)27-10-1-3-18(27)16-6-9-19-20(13-16)30-12-2-11-29-19/h4-9,13,18H,1-3,10-12,14H2/t18-/m0/s1. The quantitative estimate of drug-likeness (QED) is 0.525. The zero-order chi connectivity index (χ0) is 21.9. The van der Waals surface area contributed by atoms with E-state index in [1.54, 1.807) is 12.1 Å². The molecule has 32 heavy (non-hydrogen) atoms. The highest BCUT2D eigenvalue weighted by Gasteiger charge is 2.31. The Bertz CT molecular complexity index is 1100. The van der Waals surface area contributed by atoms with Crippen molar-refractivity contribution in [3.05, 3.63) is 53.8 Å². The molecule has 0 radical (unpaired) electrons. The molecule has 0 N–H and O–H groups in total. The van der Waals surface area contributed by atoms with Gasteiger partial charge in [-0.3, -0.25) is 4.79 Å². The van der Waals surface area contributed by atoms with Crippen molar-refractivity contribution in [2.24, 2.45) is 0 Å². The average Bonchev–Trinajstić information content (AvgIpc) is 3.43. The number of carbonyl (C=O) groups excluding carboxylic acids is 1. The second kappa shape index (κ2) is 9.20. The summed E-state index contributed by atoms with van der Waals surface area (Å²) in [6, 6.07) is 11.8. The number of aromatic nitrogens is 2. The maximum absolute atomic E-state index is 13.1. The van der Waals surface area contributed by atoms with E-state index in [-0.39, 0.29) is 23.5 Å². The van der Waals surface area contributed by atoms with E-state index in [0.29, 0.717) is 36.4 Å². The molecule has 1 amide bonds. The van der Waals surface area contributed by atoms with Crippen molar-refractivity contribution in [3.63, 3.8) is 0 Å². The van der Waals surface area contributed by atoms with Gasteiger partial charge in [0.15, 0.2) is 11.5 Å². The van der Waals surface area contributed by atoms with Crippen LogP contribution in [0.1, 0.15) is 30.9 Å². The molecule has 2 aromatic carbocycles. The molecule has 2 aliphatic rings. The third kappa shape index (κ3) is 4.43. The smallest absolute Gasteiger partial charge is 0.277 e. The maximum atomic E-state index is 13.1. The van der Waals surface area contributed by atoms with E-state index in [4.69, 9.17) is 13.9 Å². The molecule has 166 valence electrons. The van der Waals surface area contributed by atoms with E-state index in [1.165, 1.54) is 23.9 Å². The Balaban J connectivity index is 1.24. The van der Waals surface area contributed by atoms with Crippen molar-refractivity contribution in [2.45, 2.75) is 30.5 Å². The molecule has 7 nitrogen and oxygen atoms in total. The molecule has 0 unspecified atom stereocenters. The number of ether oxygens (including phenoxy) is 2. The van der Waals surface area contributed by atoms with E-state index in [1.807, 2.05) is 23.1 Å². The molecular formula is C23H22FN3O4S. The summed E-state index contributed by atoms with van der Waals surface area (Å²) in [7, 11) is 0. The third-order valence-corrected chi connectivity index (χ3v) is 6.35. The molecule has 1 fully saturated rings. The predicted octanol–water partition coefficient (Wildman–Crippen LogP) is 4.49. The van der Waals surface area contributed by atoms with E-state index in [9.17, 15) is 9.18 Å². The van der Waals surface area contributed by atoms with Crippen LogP contribution in [0.15, 0.2) is 52.1 Å². The van der Waals surface area contributed by atoms with Gasteiger partial charge in [0.1, 0.15) is 5.82 Å². The number of halogens is 1. The van der Waals surface area contributed by atoms with Gasteiger partial charge < -0.3 is 18.8 Å². The molecule has 9 heteroatoms. The summed E-state index contributed by atoms with van der Waals surface area (Å²) >= 11 is 1.21. The van der Waals surface area contributed by atoms with Gasteiger partial charge in [0.25, 0.3) is 5.22 Å². The number of carbonyl (C=O) groups is 1. The van der Waals surface area contributed by atoms with Gasteiger partial charge in [-0.2, -0.15) is 0 Å². The molecular weight excluding hydrogens is 433 g/mol. The highest BCUT2D eigenvalue weighted by atomic mass is 32.2. The van der Waals surface area contributed by atoms with E-state index >= 15 is 0 Å². The minimum atomic E-state index is -0.331. The monoisotopic (exact) mass is 455 g/mol. The Morgan fingerprint density at radius 3 is 2.72 bits per heavy atom. The van der Waals surface area contributed by atoms with E-state index in [2.05, 4.69) is 10.2 Å². The van der Waals surface area contributed by atoms with Crippen LogP contribution in [-0.4, -0.2) is 46.5 Å². The van der Waals surface area contributed by atoms with Crippen LogP contribution >= 0.6 is 11.8 Å². The summed E-state index contributed by atoms with van der Waals surface area (Å²) in [6.45, 7) is 1.99. The summed E-state index contributed by atoms with van der Waals surface area (Å²) in [6.07, 6.45) is 2.71. The average molecular weight is 456 g/mol. The third-order valence-electron chi connectivity index (χ3n) is 5.55. The van der Waals surface area contributed by atoms with Crippen molar-refractivity contribution >= 4 is 17.7 Å². The first kappa shape index (κ1) is 20.8. The first-order chi connectivity index (χ1) is 15.7. The summed E-state index contributed by atoms with van der Waals surface area (Å²) < 4.78 is 30.3. The second-order valence-electron chi connectivity index (χ2n) is 7.67. The van der Waals surface area contributed by atoms with Gasteiger partial charge in [-0.05, 0) is 54.8 Å². The summed E-state index contributed by atoms with van der Waals surface area (Å²) in [5.41, 5.74) is 1.69. The lowest BCUT2D eigenvalue weighted by Crippen LogP contribution is -2.32. The van der Waals surface area contributed by atoms with Gasteiger partial charge in [0.05, 0.1) is 25.0 Å². The molecule has 5 rings (SSSR count). The van der Waals surface area contributed by atoms with Crippen LogP contribution in [0.3, 0.4) is 0 Å². The van der Waals surface area contributed by atoms with Gasteiger partial charge >= 0.3 is 0 Å². The van der Waals surface area contributed by atoms with Crippen molar-refractivity contribution in [3.8, 4) is 23.0 Å². The number of likely N-dealkylation sites (tertiary alicyclic amines) is 1. The SMILES string of the molecule is O=C(CSc1nnc(-c2ccc(F)cc2)o1)N1CCC[C@H]1c1ccc2c(c1)OCCCO2. The number of hydrogen-bond donors (Lipinski definition) is 0. The molecule has 0 bridgehead atoms. The number of amides is 1. The highest BCUT2D eigenvalue weighted by Crippen LogP contribution is 2.38. The Kier molecular flexibility index (Phi) is 5.98. The Hall–Kier alpha value is -3.07. The zero-order valence-electron chi connectivity index (χ0n) is 17.3. The van der Waals surface area contributed by atoms with Crippen LogP contribution in [0, 0.1) is 5.82 Å². The molecule has 1 aromatic heterocycles. The fraction of sp³-hybridized carbons (Fsp3) is 0.348. The Morgan fingerprint density at radius 2 is 1.88 bits per heavy atom. The van der Waals surface area contributed by atoms with E-state index < -0.39 is 0 Å². The van der Waals surface area contributed by atoms with Crippen molar-refractivity contribution in [1.82, 2.24) is 15.1 Å². The number of benzene rings is 2. The molecule has 2 aliphatic heterocycles. The number of fused-ring (bicyclic) bond motifs is 1. The second-order valence-corrected chi connectivity index (χ2v) is 8.60. The van der Waals surface area contributed by atoms with Crippen molar-refractivity contribution in [2.75, 3.05) is 25.5 Å². The number of hydrogen-bond acceptors (Lipinski definition) is 7.